The third-order valence-corrected chi connectivity index (χ3v) is 15.8. The Kier molecular flexibility index (Phi) is 2.36. The summed E-state index contributed by atoms with van der Waals surface area (Å²) in [7, 11) is -1.16. The van der Waals surface area contributed by atoms with Crippen LogP contribution in [-0.2, 0) is 0 Å². The molecule has 0 N–H and O–H groups in total. The molecule has 5 aliphatic carbocycles. The fourth-order valence-corrected chi connectivity index (χ4v) is 16.4. The Morgan fingerprint density at radius 2 is 1.50 bits per heavy atom. The van der Waals surface area contributed by atoms with Crippen molar-refractivity contribution in [3.63, 3.8) is 0 Å². The minimum absolute atomic E-state index is 0.704. The molecule has 6 aliphatic rings. The van der Waals surface area contributed by atoms with E-state index in [9.17, 15) is 0 Å². The van der Waals surface area contributed by atoms with Crippen LogP contribution >= 0.6 is 0 Å². The maximum atomic E-state index is 2.78. The van der Waals surface area contributed by atoms with Gasteiger partial charge in [-0.3, -0.25) is 0 Å². The molecule has 22 heavy (non-hydrogen) atoms. The van der Waals surface area contributed by atoms with Gasteiger partial charge in [0, 0.05) is 0 Å². The minimum Gasteiger partial charge on any atom is -0.0682 e. The number of hydrogen-bond acceptors (Lipinski definition) is 0. The molecule has 0 amide bonds. The Labute approximate surface area is 137 Å². The summed E-state index contributed by atoms with van der Waals surface area (Å²) in [6, 6.07) is 0. The molecule has 4 bridgehead atoms. The van der Waals surface area contributed by atoms with E-state index in [1.54, 1.807) is 48.8 Å². The molecule has 1 aliphatic heterocycles. The van der Waals surface area contributed by atoms with Gasteiger partial charge in [-0.1, -0.05) is 31.2 Å². The largest absolute Gasteiger partial charge is 0.0682 e. The lowest BCUT2D eigenvalue weighted by atomic mass is 9.49. The average Bonchev–Trinajstić information content (AvgIpc) is 2.79. The molecule has 1 saturated heterocycles. The predicted molar refractivity (Wildman–Crippen MR) is 96.7 cm³/mol. The molecule has 1 heteroatoms. The molecule has 1 heterocycles. The van der Waals surface area contributed by atoms with E-state index in [2.05, 4.69) is 40.8 Å². The van der Waals surface area contributed by atoms with E-state index in [0.717, 1.165) is 28.7 Å². The van der Waals surface area contributed by atoms with Gasteiger partial charge in [0.2, 0.25) is 0 Å². The second-order valence-electron chi connectivity index (χ2n) is 10.1. The van der Waals surface area contributed by atoms with Crippen LogP contribution in [0.25, 0.3) is 0 Å². The van der Waals surface area contributed by atoms with Crippen molar-refractivity contribution in [2.45, 2.75) is 83.0 Å². The van der Waals surface area contributed by atoms with Crippen molar-refractivity contribution in [3.05, 3.63) is 22.3 Å². The molecule has 5 fully saturated rings. The van der Waals surface area contributed by atoms with Gasteiger partial charge < -0.3 is 0 Å². The second kappa shape index (κ2) is 3.68. The Bertz CT molecular complexity index is 635. The number of allylic oxidation sites excluding steroid dienone is 4. The third-order valence-electron chi connectivity index (χ3n) is 9.73. The van der Waals surface area contributed by atoms with Gasteiger partial charge in [-0.2, -0.15) is 0 Å². The normalized spacial score (nSPS) is 54.3. The molecule has 1 spiro atoms. The summed E-state index contributed by atoms with van der Waals surface area (Å²) >= 11 is 0. The molecular weight excluding hydrogens is 280 g/mol. The van der Waals surface area contributed by atoms with E-state index >= 15 is 0 Å². The van der Waals surface area contributed by atoms with Crippen LogP contribution in [0, 0.1) is 23.7 Å². The van der Waals surface area contributed by atoms with E-state index in [4.69, 9.17) is 0 Å². The monoisotopic (exact) mass is 312 g/mol. The van der Waals surface area contributed by atoms with Crippen LogP contribution in [0.1, 0.15) is 59.8 Å². The molecule has 4 atom stereocenters. The Hall–Kier alpha value is -0.303. The van der Waals surface area contributed by atoms with Gasteiger partial charge >= 0.3 is 0 Å². The van der Waals surface area contributed by atoms with Gasteiger partial charge in [0.05, 0.1) is 8.07 Å². The highest BCUT2D eigenvalue weighted by Gasteiger charge is 2.89. The fraction of sp³-hybridized carbons (Fsp3) is 0.810. The quantitative estimate of drug-likeness (QED) is 0.496. The molecule has 4 unspecified atom stereocenters. The van der Waals surface area contributed by atoms with Crippen LogP contribution < -0.4 is 0 Å². The van der Waals surface area contributed by atoms with Crippen molar-refractivity contribution in [2.24, 2.45) is 23.7 Å². The Morgan fingerprint density at radius 1 is 0.909 bits per heavy atom. The van der Waals surface area contributed by atoms with Gasteiger partial charge in [0.1, 0.15) is 0 Å². The molecule has 0 nitrogen and oxygen atoms in total. The fourth-order valence-electron chi connectivity index (χ4n) is 8.96. The third kappa shape index (κ3) is 1.11. The first kappa shape index (κ1) is 14.1. The van der Waals surface area contributed by atoms with Crippen LogP contribution in [0.3, 0.4) is 0 Å². The lowest BCUT2D eigenvalue weighted by Crippen LogP contribution is -2.41. The zero-order chi connectivity index (χ0) is 15.7. The first-order valence-electron chi connectivity index (χ1n) is 9.67. The molecule has 120 valence electrons. The molecular formula is C21H32Si. The maximum absolute atomic E-state index is 2.78. The van der Waals surface area contributed by atoms with Gasteiger partial charge in [-0.15, -0.1) is 0 Å². The van der Waals surface area contributed by atoms with Crippen LogP contribution in [0.5, 0.6) is 0 Å². The number of hydrogen-bond donors (Lipinski definition) is 0. The van der Waals surface area contributed by atoms with Crippen molar-refractivity contribution >= 4 is 8.07 Å². The van der Waals surface area contributed by atoms with E-state index in [1.807, 2.05) is 5.57 Å². The molecule has 0 aromatic heterocycles. The van der Waals surface area contributed by atoms with E-state index in [0.29, 0.717) is 5.04 Å². The van der Waals surface area contributed by atoms with E-state index in [1.165, 1.54) is 0 Å². The van der Waals surface area contributed by atoms with Gasteiger partial charge in [0.25, 0.3) is 0 Å². The summed E-state index contributed by atoms with van der Waals surface area (Å²) in [5.41, 5.74) is 7.00. The van der Waals surface area contributed by atoms with E-state index < -0.39 is 8.07 Å². The SMILES string of the molecule is CC1=C(C)C(C)C(C23C4CC5CC(C4)CC2(C5)[Si]3(C)C)=C1C. The summed E-state index contributed by atoms with van der Waals surface area (Å²) in [6.45, 7) is 15.4. The maximum Gasteiger partial charge on any atom is 0.0658 e. The molecule has 0 radical (unpaired) electrons. The minimum atomic E-state index is -1.16. The van der Waals surface area contributed by atoms with E-state index in [-0.39, 0.29) is 0 Å². The summed E-state index contributed by atoms with van der Waals surface area (Å²) in [4.78, 5) is 0. The zero-order valence-electron chi connectivity index (χ0n) is 15.3. The van der Waals surface area contributed by atoms with Crippen LogP contribution in [0.2, 0.25) is 23.2 Å². The van der Waals surface area contributed by atoms with Crippen LogP contribution in [0.15, 0.2) is 22.3 Å². The lowest BCUT2D eigenvalue weighted by molar-refractivity contribution is 0.0340. The lowest BCUT2D eigenvalue weighted by Gasteiger charge is -2.55. The zero-order valence-corrected chi connectivity index (χ0v) is 16.3. The van der Waals surface area contributed by atoms with Crippen molar-refractivity contribution in [1.82, 2.24) is 0 Å². The molecule has 4 saturated carbocycles. The highest BCUT2D eigenvalue weighted by atomic mass is 28.3. The first-order valence-corrected chi connectivity index (χ1v) is 12.7. The Balaban J connectivity index is 1.73. The van der Waals surface area contributed by atoms with Crippen LogP contribution in [-0.4, -0.2) is 8.07 Å². The van der Waals surface area contributed by atoms with Crippen molar-refractivity contribution in [2.75, 3.05) is 0 Å². The summed E-state index contributed by atoms with van der Waals surface area (Å²) in [6.07, 6.45) is 7.97. The van der Waals surface area contributed by atoms with Crippen molar-refractivity contribution in [3.8, 4) is 0 Å². The number of rotatable bonds is 1. The van der Waals surface area contributed by atoms with Gasteiger partial charge in [-0.05, 0) is 97.8 Å². The topological polar surface area (TPSA) is 0 Å². The van der Waals surface area contributed by atoms with Gasteiger partial charge in [-0.25, -0.2) is 0 Å². The van der Waals surface area contributed by atoms with Gasteiger partial charge in [0.15, 0.2) is 0 Å². The highest BCUT2D eigenvalue weighted by Crippen LogP contribution is 2.98. The molecule has 0 aromatic rings. The Morgan fingerprint density at radius 3 is 1.95 bits per heavy atom. The predicted octanol–water partition coefficient (Wildman–Crippen LogP) is 6.33. The molecule has 0 aromatic carbocycles. The standard InChI is InChI=1S/C21H32Si/c1-12-13(2)15(4)19(14(12)3)21-18-8-16-7-17(9-18)11-20(21,10-16)22(21,5)6/h14,16-18H,7-11H2,1-6H3. The van der Waals surface area contributed by atoms with Crippen LogP contribution in [0.4, 0.5) is 0 Å². The molecule has 6 rings (SSSR count). The van der Waals surface area contributed by atoms with Crippen molar-refractivity contribution < 1.29 is 0 Å². The smallest absolute Gasteiger partial charge is 0.0658 e. The summed E-state index contributed by atoms with van der Waals surface area (Å²) in [5.74, 6) is 4.01. The summed E-state index contributed by atoms with van der Waals surface area (Å²) in [5, 5.41) is 1.51. The highest BCUT2D eigenvalue weighted by molar-refractivity contribution is 6.96. The second-order valence-corrected chi connectivity index (χ2v) is 15.1. The average molecular weight is 313 g/mol. The van der Waals surface area contributed by atoms with Crippen molar-refractivity contribution in [1.29, 1.82) is 0 Å². The summed E-state index contributed by atoms with van der Waals surface area (Å²) < 4.78 is 0. The first-order chi connectivity index (χ1) is 10.3.